The Balaban J connectivity index is 2.66. The molecule has 1 heterocycles. The Morgan fingerprint density at radius 3 is 2.53 bits per heavy atom. The highest BCUT2D eigenvalue weighted by molar-refractivity contribution is 5.84. The zero-order valence-electron chi connectivity index (χ0n) is 11.1. The van der Waals surface area contributed by atoms with Crippen molar-refractivity contribution in [1.82, 2.24) is 4.57 Å². The number of hydrogen-bond acceptors (Lipinski definition) is 1. The van der Waals surface area contributed by atoms with Gasteiger partial charge >= 0.3 is 0 Å². The van der Waals surface area contributed by atoms with Crippen LogP contribution in [0.5, 0.6) is 0 Å². The predicted molar refractivity (Wildman–Crippen MR) is 72.4 cm³/mol. The van der Waals surface area contributed by atoms with Crippen molar-refractivity contribution < 1.29 is 5.11 Å². The first-order chi connectivity index (χ1) is 8.00. The molecule has 0 aliphatic rings. The van der Waals surface area contributed by atoms with Gasteiger partial charge in [0.1, 0.15) is 0 Å². The van der Waals surface area contributed by atoms with Gasteiger partial charge in [0.25, 0.3) is 0 Å². The van der Waals surface area contributed by atoms with E-state index >= 15 is 0 Å². The summed E-state index contributed by atoms with van der Waals surface area (Å²) in [4.78, 5) is 0. The van der Waals surface area contributed by atoms with Crippen molar-refractivity contribution in [3.8, 4) is 0 Å². The maximum absolute atomic E-state index is 9.59. The Labute approximate surface area is 103 Å². The van der Waals surface area contributed by atoms with Gasteiger partial charge in [-0.15, -0.1) is 0 Å². The summed E-state index contributed by atoms with van der Waals surface area (Å²) in [7, 11) is 0. The number of fused-ring (bicyclic) bond motifs is 1. The number of nitrogens with zero attached hydrogens (tertiary/aromatic N) is 1. The Morgan fingerprint density at radius 1 is 1.24 bits per heavy atom. The average molecular weight is 231 g/mol. The molecule has 0 bridgehead atoms. The van der Waals surface area contributed by atoms with Crippen molar-refractivity contribution >= 4 is 10.9 Å². The Bertz CT molecular complexity index is 523. The van der Waals surface area contributed by atoms with E-state index in [-0.39, 0.29) is 6.10 Å². The maximum atomic E-state index is 9.59. The minimum absolute atomic E-state index is 0.294. The molecule has 1 N–H and O–H groups in total. The third-order valence-electron chi connectivity index (χ3n) is 3.20. The molecule has 1 aromatic heterocycles. The van der Waals surface area contributed by atoms with Gasteiger partial charge in [-0.1, -0.05) is 12.1 Å². The smallest absolute Gasteiger partial charge is 0.0566 e. The van der Waals surface area contributed by atoms with Crippen LogP contribution < -0.4 is 0 Å². The number of aryl methyl sites for hydroxylation is 1. The first kappa shape index (κ1) is 12.2. The first-order valence-electron chi connectivity index (χ1n) is 6.28. The second-order valence-electron chi connectivity index (χ2n) is 5.16. The lowest BCUT2D eigenvalue weighted by molar-refractivity contribution is 0.192. The first-order valence-corrected chi connectivity index (χ1v) is 6.28. The highest BCUT2D eigenvalue weighted by Crippen LogP contribution is 2.27. The van der Waals surface area contributed by atoms with Gasteiger partial charge < -0.3 is 9.67 Å². The van der Waals surface area contributed by atoms with Crippen LogP contribution in [0.4, 0.5) is 0 Å². The second-order valence-corrected chi connectivity index (χ2v) is 5.16. The summed E-state index contributed by atoms with van der Waals surface area (Å²) in [5, 5.41) is 10.9. The lowest BCUT2D eigenvalue weighted by atomic mass is 10.1. The SMILES string of the molecule is Cc1cccc2c1cc(CC(C)O)n2C(C)C. The van der Waals surface area contributed by atoms with Crippen LogP contribution in [0.15, 0.2) is 24.3 Å². The fourth-order valence-corrected chi connectivity index (χ4v) is 2.52. The summed E-state index contributed by atoms with van der Waals surface area (Å²) in [6.45, 7) is 8.36. The summed E-state index contributed by atoms with van der Waals surface area (Å²) in [5.41, 5.74) is 3.80. The van der Waals surface area contributed by atoms with E-state index in [0.29, 0.717) is 12.5 Å². The fourth-order valence-electron chi connectivity index (χ4n) is 2.52. The molecular weight excluding hydrogens is 210 g/mol. The standard InChI is InChI=1S/C15H21NO/c1-10(2)16-13(8-12(4)17)9-14-11(3)6-5-7-15(14)16/h5-7,9-10,12,17H,8H2,1-4H3. The van der Waals surface area contributed by atoms with Crippen molar-refractivity contribution in [2.45, 2.75) is 46.3 Å². The molecule has 2 nitrogen and oxygen atoms in total. The normalized spacial score (nSPS) is 13.5. The molecule has 0 amide bonds. The number of aliphatic hydroxyl groups is 1. The Kier molecular flexibility index (Phi) is 3.25. The minimum atomic E-state index is -0.294. The van der Waals surface area contributed by atoms with E-state index in [1.807, 2.05) is 6.92 Å². The van der Waals surface area contributed by atoms with Crippen LogP contribution in [0.3, 0.4) is 0 Å². The highest BCUT2D eigenvalue weighted by Gasteiger charge is 2.13. The van der Waals surface area contributed by atoms with E-state index in [4.69, 9.17) is 0 Å². The maximum Gasteiger partial charge on any atom is 0.0566 e. The van der Waals surface area contributed by atoms with Gasteiger partial charge in [0.05, 0.1) is 6.10 Å². The third kappa shape index (κ3) is 2.22. The summed E-state index contributed by atoms with van der Waals surface area (Å²) in [5.74, 6) is 0. The van der Waals surface area contributed by atoms with Gasteiger partial charge in [-0.2, -0.15) is 0 Å². The number of aliphatic hydroxyl groups excluding tert-OH is 1. The highest BCUT2D eigenvalue weighted by atomic mass is 16.3. The quantitative estimate of drug-likeness (QED) is 0.860. The van der Waals surface area contributed by atoms with E-state index in [9.17, 15) is 5.11 Å². The molecule has 0 saturated carbocycles. The third-order valence-corrected chi connectivity index (χ3v) is 3.20. The molecule has 2 heteroatoms. The van der Waals surface area contributed by atoms with Crippen LogP contribution in [0.2, 0.25) is 0 Å². The van der Waals surface area contributed by atoms with Crippen LogP contribution in [-0.4, -0.2) is 15.8 Å². The van der Waals surface area contributed by atoms with Crippen LogP contribution >= 0.6 is 0 Å². The lowest BCUT2D eigenvalue weighted by Crippen LogP contribution is -2.11. The lowest BCUT2D eigenvalue weighted by Gasteiger charge is -2.15. The van der Waals surface area contributed by atoms with Gasteiger partial charge in [-0.25, -0.2) is 0 Å². The van der Waals surface area contributed by atoms with Gasteiger partial charge in [-0.05, 0) is 45.4 Å². The number of rotatable bonds is 3. The number of hydrogen-bond donors (Lipinski definition) is 1. The molecule has 0 spiro atoms. The molecule has 0 saturated heterocycles. The fraction of sp³-hybridized carbons (Fsp3) is 0.467. The number of benzene rings is 1. The van der Waals surface area contributed by atoms with Gasteiger partial charge in [0.2, 0.25) is 0 Å². The molecule has 2 aromatic rings. The molecule has 1 atom stereocenters. The van der Waals surface area contributed by atoms with Crippen molar-refractivity contribution in [1.29, 1.82) is 0 Å². The van der Waals surface area contributed by atoms with Crippen LogP contribution in [-0.2, 0) is 6.42 Å². The van der Waals surface area contributed by atoms with Crippen molar-refractivity contribution in [2.75, 3.05) is 0 Å². The topological polar surface area (TPSA) is 25.2 Å². The number of aromatic nitrogens is 1. The average Bonchev–Trinajstić information content (AvgIpc) is 2.56. The summed E-state index contributed by atoms with van der Waals surface area (Å²) in [6, 6.07) is 9.04. The zero-order valence-corrected chi connectivity index (χ0v) is 11.1. The molecular formula is C15H21NO. The molecule has 1 aromatic carbocycles. The van der Waals surface area contributed by atoms with Gasteiger partial charge in [0, 0.05) is 29.1 Å². The van der Waals surface area contributed by atoms with Crippen molar-refractivity contribution in [3.05, 3.63) is 35.5 Å². The Hall–Kier alpha value is -1.28. The molecule has 2 rings (SSSR count). The van der Waals surface area contributed by atoms with Crippen molar-refractivity contribution in [2.24, 2.45) is 0 Å². The molecule has 0 aliphatic carbocycles. The molecule has 0 aliphatic heterocycles. The summed E-state index contributed by atoms with van der Waals surface area (Å²) < 4.78 is 2.33. The monoisotopic (exact) mass is 231 g/mol. The second kappa shape index (κ2) is 4.53. The van der Waals surface area contributed by atoms with Crippen LogP contribution in [0.1, 0.15) is 38.1 Å². The van der Waals surface area contributed by atoms with E-state index < -0.39 is 0 Å². The molecule has 1 unspecified atom stereocenters. The van der Waals surface area contributed by atoms with Crippen LogP contribution in [0.25, 0.3) is 10.9 Å². The zero-order chi connectivity index (χ0) is 12.6. The Morgan fingerprint density at radius 2 is 1.94 bits per heavy atom. The van der Waals surface area contributed by atoms with Crippen LogP contribution in [0, 0.1) is 6.92 Å². The van der Waals surface area contributed by atoms with Crippen molar-refractivity contribution in [3.63, 3.8) is 0 Å². The van der Waals surface area contributed by atoms with Gasteiger partial charge in [0.15, 0.2) is 0 Å². The summed E-state index contributed by atoms with van der Waals surface area (Å²) >= 11 is 0. The van der Waals surface area contributed by atoms with E-state index in [1.54, 1.807) is 0 Å². The van der Waals surface area contributed by atoms with E-state index in [0.717, 1.165) is 0 Å². The summed E-state index contributed by atoms with van der Waals surface area (Å²) in [6.07, 6.45) is 0.420. The largest absolute Gasteiger partial charge is 0.393 e. The van der Waals surface area contributed by atoms with Gasteiger partial charge in [-0.3, -0.25) is 0 Å². The van der Waals surface area contributed by atoms with E-state index in [2.05, 4.69) is 49.6 Å². The molecule has 0 fully saturated rings. The minimum Gasteiger partial charge on any atom is -0.393 e. The van der Waals surface area contributed by atoms with E-state index in [1.165, 1.54) is 22.2 Å². The molecule has 92 valence electrons. The predicted octanol–water partition coefficient (Wildman–Crippen LogP) is 3.45. The molecule has 17 heavy (non-hydrogen) atoms. The molecule has 0 radical (unpaired) electrons.